The summed E-state index contributed by atoms with van der Waals surface area (Å²) < 4.78 is 0. The first kappa shape index (κ1) is 13.4. The highest BCUT2D eigenvalue weighted by Gasteiger charge is 2.42. The van der Waals surface area contributed by atoms with E-state index in [4.69, 9.17) is 0 Å². The number of amides is 1. The first-order valence-electron chi connectivity index (χ1n) is 8.30. The van der Waals surface area contributed by atoms with E-state index in [1.165, 1.54) is 51.4 Å². The van der Waals surface area contributed by atoms with Crippen LogP contribution in [0.1, 0.15) is 58.3 Å². The molecule has 3 nitrogen and oxygen atoms in total. The zero-order valence-electron chi connectivity index (χ0n) is 12.2. The Hall–Kier alpha value is -0.570. The fraction of sp³-hybridized carbons (Fsp3) is 0.938. The highest BCUT2D eigenvalue weighted by molar-refractivity contribution is 5.81. The number of nitrogens with one attached hydrogen (secondary N) is 1. The maximum absolute atomic E-state index is 12.5. The van der Waals surface area contributed by atoms with Crippen molar-refractivity contribution in [2.45, 2.75) is 70.4 Å². The predicted molar refractivity (Wildman–Crippen MR) is 76.9 cm³/mol. The van der Waals surface area contributed by atoms with E-state index in [2.05, 4.69) is 17.1 Å². The summed E-state index contributed by atoms with van der Waals surface area (Å²) in [5.41, 5.74) is 0. The monoisotopic (exact) mass is 264 g/mol. The van der Waals surface area contributed by atoms with Crippen LogP contribution in [0, 0.1) is 11.8 Å². The van der Waals surface area contributed by atoms with E-state index in [1.807, 2.05) is 0 Å². The van der Waals surface area contributed by atoms with Crippen molar-refractivity contribution in [3.8, 4) is 0 Å². The zero-order chi connectivity index (χ0) is 13.2. The molecule has 0 radical (unpaired) electrons. The molecule has 3 fully saturated rings. The van der Waals surface area contributed by atoms with E-state index in [0.29, 0.717) is 11.9 Å². The fourth-order valence-electron chi connectivity index (χ4n) is 3.49. The number of rotatable bonds is 5. The van der Waals surface area contributed by atoms with Crippen LogP contribution in [0.15, 0.2) is 0 Å². The number of nitrogens with zero attached hydrogens (tertiary/aromatic N) is 1. The third kappa shape index (κ3) is 3.50. The number of hydrogen-bond donors (Lipinski definition) is 1. The first-order valence-corrected chi connectivity index (χ1v) is 8.30. The van der Waals surface area contributed by atoms with Crippen molar-refractivity contribution in [3.05, 3.63) is 0 Å². The molecule has 1 aliphatic heterocycles. The number of hydrogen-bond acceptors (Lipinski definition) is 2. The summed E-state index contributed by atoms with van der Waals surface area (Å²) in [6.07, 6.45) is 10.5. The van der Waals surface area contributed by atoms with Crippen molar-refractivity contribution in [2.24, 2.45) is 11.8 Å². The molecule has 1 N–H and O–H groups in total. The summed E-state index contributed by atoms with van der Waals surface area (Å²) in [5.74, 6) is 2.08. The van der Waals surface area contributed by atoms with E-state index in [0.717, 1.165) is 24.9 Å². The maximum atomic E-state index is 12.5. The zero-order valence-corrected chi connectivity index (χ0v) is 12.2. The third-order valence-corrected chi connectivity index (χ3v) is 4.99. The minimum absolute atomic E-state index is 0.0179. The summed E-state index contributed by atoms with van der Waals surface area (Å²) in [5, 5.41) is 3.67. The van der Waals surface area contributed by atoms with Gasteiger partial charge in [-0.15, -0.1) is 0 Å². The molecule has 0 bridgehead atoms. The Kier molecular flexibility index (Phi) is 4.11. The smallest absolute Gasteiger partial charge is 0.239 e. The van der Waals surface area contributed by atoms with E-state index >= 15 is 0 Å². The van der Waals surface area contributed by atoms with Crippen LogP contribution in [0.2, 0.25) is 0 Å². The SMILES string of the molecule is CC(NC(C1CC1)C1CC1)C(=O)N1CCCCCC1. The lowest BCUT2D eigenvalue weighted by Crippen LogP contribution is -2.49. The Morgan fingerprint density at radius 3 is 2.00 bits per heavy atom. The molecule has 3 rings (SSSR count). The van der Waals surface area contributed by atoms with Gasteiger partial charge in [0, 0.05) is 19.1 Å². The minimum atomic E-state index is 0.0179. The lowest BCUT2D eigenvalue weighted by atomic mass is 10.1. The predicted octanol–water partition coefficient (Wildman–Crippen LogP) is 2.56. The van der Waals surface area contributed by atoms with Gasteiger partial charge in [-0.25, -0.2) is 0 Å². The van der Waals surface area contributed by atoms with Crippen LogP contribution >= 0.6 is 0 Å². The minimum Gasteiger partial charge on any atom is -0.341 e. The Bertz CT molecular complexity index is 303. The Morgan fingerprint density at radius 2 is 1.53 bits per heavy atom. The fourth-order valence-corrected chi connectivity index (χ4v) is 3.49. The van der Waals surface area contributed by atoms with Crippen molar-refractivity contribution in [1.29, 1.82) is 0 Å². The summed E-state index contributed by atoms with van der Waals surface area (Å²) >= 11 is 0. The second kappa shape index (κ2) is 5.82. The standard InChI is InChI=1S/C16H28N2O/c1-12(16(19)18-10-4-2-3-5-11-18)17-15(13-6-7-13)14-8-9-14/h12-15,17H,2-11H2,1H3. The average molecular weight is 264 g/mol. The van der Waals surface area contributed by atoms with Crippen LogP contribution in [0.25, 0.3) is 0 Å². The van der Waals surface area contributed by atoms with Crippen molar-refractivity contribution in [2.75, 3.05) is 13.1 Å². The second-order valence-corrected chi connectivity index (χ2v) is 6.83. The summed E-state index contributed by atoms with van der Waals surface area (Å²) in [7, 11) is 0. The average Bonchev–Trinajstić information content (AvgIpc) is 3.30. The molecule has 0 aromatic rings. The number of likely N-dealkylation sites (tertiary alicyclic amines) is 1. The summed E-state index contributed by atoms with van der Waals surface area (Å²) in [6, 6.07) is 0.648. The van der Waals surface area contributed by atoms with Gasteiger partial charge in [-0.3, -0.25) is 4.79 Å². The van der Waals surface area contributed by atoms with E-state index in [1.54, 1.807) is 0 Å². The summed E-state index contributed by atoms with van der Waals surface area (Å²) in [6.45, 7) is 4.02. The largest absolute Gasteiger partial charge is 0.341 e. The third-order valence-electron chi connectivity index (χ3n) is 4.99. The maximum Gasteiger partial charge on any atom is 0.239 e. The molecule has 1 heterocycles. The molecule has 1 atom stereocenters. The number of carbonyl (C=O) groups is 1. The molecule has 0 spiro atoms. The highest BCUT2D eigenvalue weighted by Crippen LogP contribution is 2.44. The van der Waals surface area contributed by atoms with Crippen LogP contribution in [-0.2, 0) is 4.79 Å². The van der Waals surface area contributed by atoms with Crippen molar-refractivity contribution >= 4 is 5.91 Å². The van der Waals surface area contributed by atoms with Gasteiger partial charge < -0.3 is 10.2 Å². The molecular formula is C16H28N2O. The molecule has 108 valence electrons. The topological polar surface area (TPSA) is 32.3 Å². The molecule has 2 saturated carbocycles. The van der Waals surface area contributed by atoms with Crippen LogP contribution in [-0.4, -0.2) is 36.0 Å². The van der Waals surface area contributed by atoms with E-state index < -0.39 is 0 Å². The van der Waals surface area contributed by atoms with Gasteiger partial charge in [0.2, 0.25) is 5.91 Å². The van der Waals surface area contributed by atoms with E-state index in [-0.39, 0.29) is 6.04 Å². The van der Waals surface area contributed by atoms with Gasteiger partial charge in [0.1, 0.15) is 0 Å². The molecular weight excluding hydrogens is 236 g/mol. The van der Waals surface area contributed by atoms with E-state index in [9.17, 15) is 4.79 Å². The quantitative estimate of drug-likeness (QED) is 0.827. The van der Waals surface area contributed by atoms with Gasteiger partial charge in [-0.2, -0.15) is 0 Å². The molecule has 19 heavy (non-hydrogen) atoms. The van der Waals surface area contributed by atoms with Gasteiger partial charge in [0.15, 0.2) is 0 Å². The molecule has 3 heteroatoms. The lowest BCUT2D eigenvalue weighted by molar-refractivity contribution is -0.133. The Labute approximate surface area is 117 Å². The van der Waals surface area contributed by atoms with Crippen molar-refractivity contribution < 1.29 is 4.79 Å². The second-order valence-electron chi connectivity index (χ2n) is 6.83. The van der Waals surface area contributed by atoms with Gasteiger partial charge in [-0.05, 0) is 57.3 Å². The Morgan fingerprint density at radius 1 is 1.00 bits per heavy atom. The molecule has 0 aromatic carbocycles. The summed E-state index contributed by atoms with van der Waals surface area (Å²) in [4.78, 5) is 14.6. The lowest BCUT2D eigenvalue weighted by Gasteiger charge is -2.28. The van der Waals surface area contributed by atoms with Crippen LogP contribution in [0.4, 0.5) is 0 Å². The molecule has 1 unspecified atom stereocenters. The van der Waals surface area contributed by atoms with Crippen molar-refractivity contribution in [1.82, 2.24) is 10.2 Å². The normalized spacial score (nSPS) is 26.3. The highest BCUT2D eigenvalue weighted by atomic mass is 16.2. The van der Waals surface area contributed by atoms with Gasteiger partial charge >= 0.3 is 0 Å². The molecule has 1 amide bonds. The van der Waals surface area contributed by atoms with Gasteiger partial charge in [-0.1, -0.05) is 12.8 Å². The number of carbonyl (C=O) groups excluding carboxylic acids is 1. The van der Waals surface area contributed by atoms with Gasteiger partial charge in [0.05, 0.1) is 6.04 Å². The van der Waals surface area contributed by atoms with Gasteiger partial charge in [0.25, 0.3) is 0 Å². The van der Waals surface area contributed by atoms with Crippen molar-refractivity contribution in [3.63, 3.8) is 0 Å². The van der Waals surface area contributed by atoms with Crippen LogP contribution < -0.4 is 5.32 Å². The molecule has 0 aromatic heterocycles. The first-order chi connectivity index (χ1) is 9.25. The van der Waals surface area contributed by atoms with Crippen LogP contribution in [0.3, 0.4) is 0 Å². The molecule has 2 aliphatic carbocycles. The van der Waals surface area contributed by atoms with Crippen LogP contribution in [0.5, 0.6) is 0 Å². The Balaban J connectivity index is 1.52. The molecule has 3 aliphatic rings. The molecule has 1 saturated heterocycles.